The SMILES string of the molecule is CCNC(Cc1ccco1)c1cc(C)oc1C. The molecule has 2 aromatic heterocycles. The number of likely N-dealkylation sites (N-methyl/N-ethyl adjacent to an activating group) is 1. The van der Waals surface area contributed by atoms with Crippen molar-refractivity contribution in [3.63, 3.8) is 0 Å². The third-order valence-corrected chi connectivity index (χ3v) is 2.89. The first kappa shape index (κ1) is 12.0. The van der Waals surface area contributed by atoms with E-state index in [9.17, 15) is 0 Å². The minimum Gasteiger partial charge on any atom is -0.469 e. The summed E-state index contributed by atoms with van der Waals surface area (Å²) in [7, 11) is 0. The maximum Gasteiger partial charge on any atom is 0.105 e. The van der Waals surface area contributed by atoms with Gasteiger partial charge in [0.15, 0.2) is 0 Å². The molecule has 0 fully saturated rings. The van der Waals surface area contributed by atoms with Gasteiger partial charge in [-0.3, -0.25) is 0 Å². The fraction of sp³-hybridized carbons (Fsp3) is 0.429. The van der Waals surface area contributed by atoms with Crippen molar-refractivity contribution in [1.82, 2.24) is 5.32 Å². The number of hydrogen-bond donors (Lipinski definition) is 1. The van der Waals surface area contributed by atoms with Crippen LogP contribution in [0.3, 0.4) is 0 Å². The molecule has 0 saturated carbocycles. The van der Waals surface area contributed by atoms with Gasteiger partial charge in [-0.1, -0.05) is 6.92 Å². The number of aryl methyl sites for hydroxylation is 2. The Bertz CT molecular complexity index is 457. The van der Waals surface area contributed by atoms with Crippen molar-refractivity contribution in [3.8, 4) is 0 Å². The van der Waals surface area contributed by atoms with E-state index in [1.165, 1.54) is 5.56 Å². The predicted molar refractivity (Wildman–Crippen MR) is 67.0 cm³/mol. The number of furan rings is 2. The summed E-state index contributed by atoms with van der Waals surface area (Å²) in [6.45, 7) is 7.02. The smallest absolute Gasteiger partial charge is 0.105 e. The molecular weight excluding hydrogens is 214 g/mol. The maximum absolute atomic E-state index is 5.59. The second kappa shape index (κ2) is 5.23. The largest absolute Gasteiger partial charge is 0.469 e. The lowest BCUT2D eigenvalue weighted by atomic mass is 10.0. The highest BCUT2D eigenvalue weighted by Crippen LogP contribution is 2.24. The molecule has 2 heterocycles. The molecule has 0 aliphatic heterocycles. The van der Waals surface area contributed by atoms with Gasteiger partial charge in [-0.05, 0) is 38.6 Å². The molecule has 0 spiro atoms. The maximum atomic E-state index is 5.59. The molecule has 0 aliphatic rings. The fourth-order valence-electron chi connectivity index (χ4n) is 2.16. The summed E-state index contributed by atoms with van der Waals surface area (Å²) in [5, 5.41) is 3.47. The lowest BCUT2D eigenvalue weighted by Gasteiger charge is -2.15. The second-order valence-electron chi connectivity index (χ2n) is 4.26. The zero-order valence-corrected chi connectivity index (χ0v) is 10.6. The van der Waals surface area contributed by atoms with Crippen LogP contribution in [-0.2, 0) is 6.42 Å². The van der Waals surface area contributed by atoms with Gasteiger partial charge in [-0.25, -0.2) is 0 Å². The highest BCUT2D eigenvalue weighted by molar-refractivity contribution is 5.25. The molecule has 17 heavy (non-hydrogen) atoms. The molecule has 2 rings (SSSR count). The zero-order valence-electron chi connectivity index (χ0n) is 10.6. The fourth-order valence-corrected chi connectivity index (χ4v) is 2.16. The van der Waals surface area contributed by atoms with Crippen molar-refractivity contribution in [2.45, 2.75) is 33.2 Å². The van der Waals surface area contributed by atoms with Gasteiger partial charge >= 0.3 is 0 Å². The van der Waals surface area contributed by atoms with Crippen molar-refractivity contribution in [3.05, 3.63) is 47.3 Å². The molecule has 3 heteroatoms. The summed E-state index contributed by atoms with van der Waals surface area (Å²) in [6.07, 6.45) is 2.56. The summed E-state index contributed by atoms with van der Waals surface area (Å²) in [6, 6.07) is 6.29. The standard InChI is InChI=1S/C14H19NO2/c1-4-15-14(9-12-6-5-7-16-12)13-8-10(2)17-11(13)3/h5-8,14-15H,4,9H2,1-3H3. The highest BCUT2D eigenvalue weighted by Gasteiger charge is 2.17. The van der Waals surface area contributed by atoms with Crippen LogP contribution in [-0.4, -0.2) is 6.54 Å². The molecule has 1 N–H and O–H groups in total. The van der Waals surface area contributed by atoms with E-state index in [2.05, 4.69) is 18.3 Å². The van der Waals surface area contributed by atoms with Crippen LogP contribution in [0.5, 0.6) is 0 Å². The first-order valence-electron chi connectivity index (χ1n) is 6.03. The van der Waals surface area contributed by atoms with Crippen LogP contribution in [0.15, 0.2) is 33.3 Å². The molecule has 0 aliphatic carbocycles. The molecule has 1 atom stereocenters. The van der Waals surface area contributed by atoms with Crippen LogP contribution >= 0.6 is 0 Å². The van der Waals surface area contributed by atoms with Gasteiger partial charge in [0.2, 0.25) is 0 Å². The van der Waals surface area contributed by atoms with Crippen molar-refractivity contribution in [1.29, 1.82) is 0 Å². The van der Waals surface area contributed by atoms with Crippen molar-refractivity contribution >= 4 is 0 Å². The molecule has 1 unspecified atom stereocenters. The Labute approximate surface area is 102 Å². The third-order valence-electron chi connectivity index (χ3n) is 2.89. The van der Waals surface area contributed by atoms with Gasteiger partial charge in [-0.15, -0.1) is 0 Å². The monoisotopic (exact) mass is 233 g/mol. The molecular formula is C14H19NO2. The number of nitrogens with one attached hydrogen (secondary N) is 1. The van der Waals surface area contributed by atoms with Crippen LogP contribution < -0.4 is 5.32 Å². The summed E-state index contributed by atoms with van der Waals surface area (Å²) in [4.78, 5) is 0. The van der Waals surface area contributed by atoms with E-state index in [0.717, 1.165) is 30.2 Å². The topological polar surface area (TPSA) is 38.3 Å². The van der Waals surface area contributed by atoms with Crippen molar-refractivity contribution in [2.75, 3.05) is 6.54 Å². The average molecular weight is 233 g/mol. The number of rotatable bonds is 5. The van der Waals surface area contributed by atoms with Gasteiger partial charge in [0, 0.05) is 18.0 Å². The number of hydrogen-bond acceptors (Lipinski definition) is 3. The molecule has 0 amide bonds. The lowest BCUT2D eigenvalue weighted by Crippen LogP contribution is -2.23. The summed E-state index contributed by atoms with van der Waals surface area (Å²) < 4.78 is 11.0. The predicted octanol–water partition coefficient (Wildman–Crippen LogP) is 3.38. The summed E-state index contributed by atoms with van der Waals surface area (Å²) in [5.41, 5.74) is 1.22. The molecule has 0 saturated heterocycles. The van der Waals surface area contributed by atoms with E-state index >= 15 is 0 Å². The van der Waals surface area contributed by atoms with E-state index in [1.807, 2.05) is 26.0 Å². The molecule has 0 aromatic carbocycles. The van der Waals surface area contributed by atoms with Gasteiger partial charge in [0.1, 0.15) is 17.3 Å². The molecule has 92 valence electrons. The third kappa shape index (κ3) is 2.80. The minimum absolute atomic E-state index is 0.253. The van der Waals surface area contributed by atoms with E-state index < -0.39 is 0 Å². The molecule has 0 bridgehead atoms. The van der Waals surface area contributed by atoms with Crippen LogP contribution in [0.2, 0.25) is 0 Å². The Hall–Kier alpha value is -1.48. The molecule has 0 radical (unpaired) electrons. The summed E-state index contributed by atoms with van der Waals surface area (Å²) >= 11 is 0. The van der Waals surface area contributed by atoms with Crippen molar-refractivity contribution in [2.24, 2.45) is 0 Å². The average Bonchev–Trinajstić information content (AvgIpc) is 2.88. The normalized spacial score (nSPS) is 12.9. The van der Waals surface area contributed by atoms with Gasteiger partial charge < -0.3 is 14.2 Å². The Balaban J connectivity index is 2.19. The van der Waals surface area contributed by atoms with E-state index in [4.69, 9.17) is 8.83 Å². The first-order chi connectivity index (χ1) is 8.20. The van der Waals surface area contributed by atoms with Gasteiger partial charge in [-0.2, -0.15) is 0 Å². The van der Waals surface area contributed by atoms with Crippen LogP contribution in [0.1, 0.15) is 35.8 Å². The zero-order chi connectivity index (χ0) is 12.3. The Morgan fingerprint density at radius 1 is 1.35 bits per heavy atom. The van der Waals surface area contributed by atoms with Crippen LogP contribution in [0, 0.1) is 13.8 Å². The minimum atomic E-state index is 0.253. The lowest BCUT2D eigenvalue weighted by molar-refractivity contribution is 0.445. The quantitative estimate of drug-likeness (QED) is 0.860. The van der Waals surface area contributed by atoms with E-state index in [-0.39, 0.29) is 6.04 Å². The van der Waals surface area contributed by atoms with Crippen molar-refractivity contribution < 1.29 is 8.83 Å². The van der Waals surface area contributed by atoms with Gasteiger partial charge in [0.05, 0.1) is 6.26 Å². The first-order valence-corrected chi connectivity index (χ1v) is 6.03. The Kier molecular flexibility index (Phi) is 3.69. The Morgan fingerprint density at radius 2 is 2.18 bits per heavy atom. The molecule has 3 nitrogen and oxygen atoms in total. The van der Waals surface area contributed by atoms with Crippen LogP contribution in [0.4, 0.5) is 0 Å². The second-order valence-corrected chi connectivity index (χ2v) is 4.26. The van der Waals surface area contributed by atoms with Crippen LogP contribution in [0.25, 0.3) is 0 Å². The van der Waals surface area contributed by atoms with Gasteiger partial charge in [0.25, 0.3) is 0 Å². The molecule has 2 aromatic rings. The van der Waals surface area contributed by atoms with E-state index in [1.54, 1.807) is 6.26 Å². The summed E-state index contributed by atoms with van der Waals surface area (Å²) in [5.74, 6) is 2.94. The highest BCUT2D eigenvalue weighted by atomic mass is 16.3. The van der Waals surface area contributed by atoms with E-state index in [0.29, 0.717) is 0 Å². The Morgan fingerprint density at radius 3 is 2.71 bits per heavy atom.